The van der Waals surface area contributed by atoms with Gasteiger partial charge in [-0.3, -0.25) is 4.79 Å². The molecule has 0 fully saturated rings. The predicted octanol–water partition coefficient (Wildman–Crippen LogP) is 4.46. The summed E-state index contributed by atoms with van der Waals surface area (Å²) in [6.45, 7) is 2.49. The van der Waals surface area contributed by atoms with Gasteiger partial charge in [-0.05, 0) is 48.9 Å². The van der Waals surface area contributed by atoms with E-state index in [4.69, 9.17) is 9.47 Å². The number of nitrogens with one attached hydrogen (secondary N) is 1. The van der Waals surface area contributed by atoms with Gasteiger partial charge in [-0.15, -0.1) is 11.3 Å². The van der Waals surface area contributed by atoms with Crippen LogP contribution in [0.15, 0.2) is 63.7 Å². The number of thiophene rings is 1. The van der Waals surface area contributed by atoms with Gasteiger partial charge in [0.05, 0.1) is 24.3 Å². The molecule has 1 unspecified atom stereocenters. The van der Waals surface area contributed by atoms with E-state index in [1.165, 1.54) is 30.6 Å². The van der Waals surface area contributed by atoms with Crippen LogP contribution in [-0.4, -0.2) is 28.0 Å². The van der Waals surface area contributed by atoms with E-state index < -0.39 is 9.84 Å². The molecule has 6 nitrogen and oxygen atoms in total. The van der Waals surface area contributed by atoms with Crippen LogP contribution in [-0.2, 0) is 14.6 Å². The molecular formula is C22H21NO5S2. The summed E-state index contributed by atoms with van der Waals surface area (Å²) in [5, 5.41) is 4.39. The minimum atomic E-state index is -3.79. The third-order valence-corrected chi connectivity index (χ3v) is 8.05. The quantitative estimate of drug-likeness (QED) is 0.608. The molecule has 1 amide bonds. The fourth-order valence-corrected chi connectivity index (χ4v) is 6.42. The Hall–Kier alpha value is -2.84. The molecule has 2 heterocycles. The zero-order valence-corrected chi connectivity index (χ0v) is 18.2. The topological polar surface area (TPSA) is 81.7 Å². The van der Waals surface area contributed by atoms with Crippen LogP contribution in [0, 0.1) is 0 Å². The fourth-order valence-electron chi connectivity index (χ4n) is 3.52. The molecule has 0 aliphatic carbocycles. The molecule has 1 N–H and O–H groups in total. The van der Waals surface area contributed by atoms with Gasteiger partial charge >= 0.3 is 0 Å². The molecule has 1 aliphatic rings. The van der Waals surface area contributed by atoms with Crippen LogP contribution in [0.3, 0.4) is 0 Å². The number of methoxy groups -OCH3 is 1. The second-order valence-electron chi connectivity index (χ2n) is 6.83. The molecule has 0 spiro atoms. The Morgan fingerprint density at radius 1 is 1.07 bits per heavy atom. The summed E-state index contributed by atoms with van der Waals surface area (Å²) in [4.78, 5) is 13.5. The number of rotatable bonds is 6. The maximum atomic E-state index is 13.2. The summed E-state index contributed by atoms with van der Waals surface area (Å²) in [6, 6.07) is 13.8. The summed E-state index contributed by atoms with van der Waals surface area (Å²) in [6.07, 6.45) is 0.267. The lowest BCUT2D eigenvalue weighted by molar-refractivity contribution is -0.116. The molecule has 1 aliphatic heterocycles. The summed E-state index contributed by atoms with van der Waals surface area (Å²) in [7, 11) is -2.26. The molecule has 1 atom stereocenters. The lowest BCUT2D eigenvalue weighted by atomic mass is 9.90. The van der Waals surface area contributed by atoms with Crippen molar-refractivity contribution in [3.8, 4) is 11.5 Å². The SMILES string of the molecule is CCOc1ccc(C2CC(=O)Nc3c(S(=O)(=O)c4ccc(OC)cc4)csc32)cc1. The van der Waals surface area contributed by atoms with E-state index >= 15 is 0 Å². The maximum Gasteiger partial charge on any atom is 0.225 e. The highest BCUT2D eigenvalue weighted by molar-refractivity contribution is 7.91. The standard InChI is InChI=1S/C22H21NO5S2/c1-3-28-16-6-4-14(5-7-16)18-12-20(24)23-21-19(13-29-22(18)21)30(25,26)17-10-8-15(27-2)9-11-17/h4-11,13,18H,3,12H2,1-2H3,(H,23,24). The Morgan fingerprint density at radius 2 is 1.73 bits per heavy atom. The second kappa shape index (κ2) is 8.12. The number of amides is 1. The van der Waals surface area contributed by atoms with Gasteiger partial charge in [0.2, 0.25) is 15.7 Å². The van der Waals surface area contributed by atoms with Crippen molar-refractivity contribution in [2.45, 2.75) is 29.1 Å². The van der Waals surface area contributed by atoms with Gasteiger partial charge in [-0.1, -0.05) is 12.1 Å². The molecule has 2 aromatic carbocycles. The smallest absolute Gasteiger partial charge is 0.225 e. The van der Waals surface area contributed by atoms with Crippen LogP contribution < -0.4 is 14.8 Å². The minimum absolute atomic E-state index is 0.122. The Kier molecular flexibility index (Phi) is 5.53. The van der Waals surface area contributed by atoms with Crippen molar-refractivity contribution < 1.29 is 22.7 Å². The third-order valence-electron chi connectivity index (χ3n) is 5.01. The highest BCUT2D eigenvalue weighted by Crippen LogP contribution is 2.46. The monoisotopic (exact) mass is 443 g/mol. The zero-order valence-electron chi connectivity index (χ0n) is 16.5. The van der Waals surface area contributed by atoms with Gasteiger partial charge < -0.3 is 14.8 Å². The van der Waals surface area contributed by atoms with Crippen molar-refractivity contribution >= 4 is 32.8 Å². The summed E-state index contributed by atoms with van der Waals surface area (Å²) in [5.74, 6) is 0.932. The Balaban J connectivity index is 1.73. The van der Waals surface area contributed by atoms with Crippen molar-refractivity contribution in [1.82, 2.24) is 0 Å². The van der Waals surface area contributed by atoms with Crippen molar-refractivity contribution in [2.24, 2.45) is 0 Å². The minimum Gasteiger partial charge on any atom is -0.497 e. The molecule has 4 rings (SSSR count). The van der Waals surface area contributed by atoms with Crippen LogP contribution in [0.5, 0.6) is 11.5 Å². The molecule has 0 bridgehead atoms. The number of hydrogen-bond acceptors (Lipinski definition) is 6. The van der Waals surface area contributed by atoms with E-state index in [0.29, 0.717) is 18.0 Å². The molecule has 0 radical (unpaired) electrons. The molecule has 0 saturated heterocycles. The van der Waals surface area contributed by atoms with E-state index in [0.717, 1.165) is 16.2 Å². The highest BCUT2D eigenvalue weighted by Gasteiger charge is 2.34. The first-order valence-corrected chi connectivity index (χ1v) is 11.8. The summed E-state index contributed by atoms with van der Waals surface area (Å²) >= 11 is 1.35. The molecule has 30 heavy (non-hydrogen) atoms. The van der Waals surface area contributed by atoms with Gasteiger partial charge in [0.25, 0.3) is 0 Å². The average molecular weight is 444 g/mol. The van der Waals surface area contributed by atoms with E-state index in [1.807, 2.05) is 31.2 Å². The van der Waals surface area contributed by atoms with Crippen molar-refractivity contribution in [1.29, 1.82) is 0 Å². The normalized spacial score (nSPS) is 15.9. The zero-order chi connectivity index (χ0) is 21.3. The number of ether oxygens (including phenoxy) is 2. The third kappa shape index (κ3) is 3.68. The number of anilines is 1. The lowest BCUT2D eigenvalue weighted by Crippen LogP contribution is -2.23. The summed E-state index contributed by atoms with van der Waals surface area (Å²) in [5.41, 5.74) is 1.33. The number of hydrogen-bond donors (Lipinski definition) is 1. The Morgan fingerprint density at radius 3 is 2.37 bits per heavy atom. The summed E-state index contributed by atoms with van der Waals surface area (Å²) < 4.78 is 37.1. The first-order valence-electron chi connectivity index (χ1n) is 9.47. The number of sulfone groups is 1. The predicted molar refractivity (Wildman–Crippen MR) is 115 cm³/mol. The van der Waals surface area contributed by atoms with E-state index in [-0.39, 0.29) is 28.0 Å². The van der Waals surface area contributed by atoms with E-state index in [9.17, 15) is 13.2 Å². The maximum absolute atomic E-state index is 13.2. The molecule has 1 aromatic heterocycles. The van der Waals surface area contributed by atoms with Gasteiger partial charge in [0.1, 0.15) is 16.4 Å². The number of carbonyl (C=O) groups excluding carboxylic acids is 1. The number of carbonyl (C=O) groups is 1. The van der Waals surface area contributed by atoms with E-state index in [1.54, 1.807) is 17.5 Å². The van der Waals surface area contributed by atoms with Crippen molar-refractivity contribution in [3.63, 3.8) is 0 Å². The molecule has 0 saturated carbocycles. The highest BCUT2D eigenvalue weighted by atomic mass is 32.2. The van der Waals surface area contributed by atoms with E-state index in [2.05, 4.69) is 5.32 Å². The molecule has 3 aromatic rings. The Labute approximate surface area is 179 Å². The van der Waals surface area contributed by atoms with Gasteiger partial charge in [-0.2, -0.15) is 0 Å². The van der Waals surface area contributed by atoms with Crippen LogP contribution in [0.4, 0.5) is 5.69 Å². The first kappa shape index (κ1) is 20.4. The largest absolute Gasteiger partial charge is 0.497 e. The molecule has 156 valence electrons. The van der Waals surface area contributed by atoms with Crippen LogP contribution >= 0.6 is 11.3 Å². The van der Waals surface area contributed by atoms with Crippen LogP contribution in [0.2, 0.25) is 0 Å². The molecule has 8 heteroatoms. The van der Waals surface area contributed by atoms with Crippen molar-refractivity contribution in [2.75, 3.05) is 19.0 Å². The number of benzene rings is 2. The second-order valence-corrected chi connectivity index (χ2v) is 9.65. The average Bonchev–Trinajstić information content (AvgIpc) is 3.18. The molecular weight excluding hydrogens is 422 g/mol. The Bertz CT molecular complexity index is 1170. The van der Waals surface area contributed by atoms with Gasteiger partial charge in [0, 0.05) is 22.6 Å². The first-order chi connectivity index (χ1) is 14.4. The van der Waals surface area contributed by atoms with Gasteiger partial charge in [0.15, 0.2) is 0 Å². The van der Waals surface area contributed by atoms with Crippen LogP contribution in [0.25, 0.3) is 0 Å². The number of fused-ring (bicyclic) bond motifs is 1. The lowest BCUT2D eigenvalue weighted by Gasteiger charge is -2.24. The van der Waals surface area contributed by atoms with Gasteiger partial charge in [-0.25, -0.2) is 8.42 Å². The van der Waals surface area contributed by atoms with Crippen molar-refractivity contribution in [3.05, 3.63) is 64.4 Å². The fraction of sp³-hybridized carbons (Fsp3) is 0.227. The van der Waals surface area contributed by atoms with Crippen LogP contribution in [0.1, 0.15) is 29.7 Å².